The first-order chi connectivity index (χ1) is 10.1. The van der Waals surface area contributed by atoms with Crippen LogP contribution in [-0.2, 0) is 14.3 Å². The van der Waals surface area contributed by atoms with E-state index < -0.39 is 5.97 Å². The second-order valence-corrected chi connectivity index (χ2v) is 4.62. The summed E-state index contributed by atoms with van der Waals surface area (Å²) < 4.78 is 10.6. The maximum Gasteiger partial charge on any atom is 0.303 e. The number of ether oxygens (including phenoxy) is 2. The molecule has 0 aliphatic heterocycles. The summed E-state index contributed by atoms with van der Waals surface area (Å²) >= 11 is 0. The van der Waals surface area contributed by atoms with Crippen molar-refractivity contribution >= 4 is 11.9 Å². The van der Waals surface area contributed by atoms with Crippen LogP contribution in [0.2, 0.25) is 0 Å². The van der Waals surface area contributed by atoms with Gasteiger partial charge in [-0.2, -0.15) is 0 Å². The van der Waals surface area contributed by atoms with E-state index in [2.05, 4.69) is 5.32 Å². The van der Waals surface area contributed by atoms with E-state index in [0.717, 1.165) is 5.75 Å². The van der Waals surface area contributed by atoms with Gasteiger partial charge in [-0.1, -0.05) is 18.2 Å². The molecular formula is C15H21NO5. The summed E-state index contributed by atoms with van der Waals surface area (Å²) in [6, 6.07) is 9.16. The molecule has 0 saturated heterocycles. The summed E-state index contributed by atoms with van der Waals surface area (Å²) in [4.78, 5) is 21.9. The minimum absolute atomic E-state index is 0.0349. The van der Waals surface area contributed by atoms with Gasteiger partial charge in [0.2, 0.25) is 5.91 Å². The molecule has 6 nitrogen and oxygen atoms in total. The van der Waals surface area contributed by atoms with E-state index in [4.69, 9.17) is 14.6 Å². The molecule has 1 aromatic rings. The molecule has 1 aromatic carbocycles. The highest BCUT2D eigenvalue weighted by Gasteiger charge is 2.09. The molecule has 0 spiro atoms. The molecule has 0 aliphatic carbocycles. The van der Waals surface area contributed by atoms with Crippen molar-refractivity contribution in [2.24, 2.45) is 0 Å². The maximum absolute atomic E-state index is 11.5. The maximum atomic E-state index is 11.5. The number of carboxylic acid groups (broad SMARTS) is 1. The first kappa shape index (κ1) is 17.0. The van der Waals surface area contributed by atoms with Crippen molar-refractivity contribution in [3.63, 3.8) is 0 Å². The van der Waals surface area contributed by atoms with E-state index in [1.54, 1.807) is 6.92 Å². The Kier molecular flexibility index (Phi) is 7.89. The molecule has 1 rings (SSSR count). The van der Waals surface area contributed by atoms with Crippen LogP contribution < -0.4 is 10.1 Å². The van der Waals surface area contributed by atoms with E-state index in [9.17, 15) is 9.59 Å². The Morgan fingerprint density at radius 1 is 1.24 bits per heavy atom. The molecule has 2 N–H and O–H groups in total. The predicted molar refractivity (Wildman–Crippen MR) is 77.2 cm³/mol. The van der Waals surface area contributed by atoms with Gasteiger partial charge in [-0.05, 0) is 25.5 Å². The lowest BCUT2D eigenvalue weighted by Gasteiger charge is -2.13. The SMILES string of the molecule is CC(CCC(=O)O)NC(=O)COCCOc1ccccc1. The highest BCUT2D eigenvalue weighted by Crippen LogP contribution is 2.07. The van der Waals surface area contributed by atoms with Crippen LogP contribution in [0.15, 0.2) is 30.3 Å². The van der Waals surface area contributed by atoms with Crippen LogP contribution in [0.1, 0.15) is 19.8 Å². The van der Waals surface area contributed by atoms with Gasteiger partial charge in [0, 0.05) is 12.5 Å². The number of para-hydroxylation sites is 1. The largest absolute Gasteiger partial charge is 0.491 e. The second kappa shape index (κ2) is 9.77. The smallest absolute Gasteiger partial charge is 0.303 e. The monoisotopic (exact) mass is 295 g/mol. The number of benzene rings is 1. The molecule has 1 unspecified atom stereocenters. The molecule has 0 heterocycles. The van der Waals surface area contributed by atoms with Crippen LogP contribution in [0.3, 0.4) is 0 Å². The molecule has 6 heteroatoms. The lowest BCUT2D eigenvalue weighted by Crippen LogP contribution is -2.35. The zero-order valence-electron chi connectivity index (χ0n) is 12.1. The van der Waals surface area contributed by atoms with Crippen molar-refractivity contribution in [3.05, 3.63) is 30.3 Å². The standard InChI is InChI=1S/C15H21NO5/c1-12(7-8-15(18)19)16-14(17)11-20-9-10-21-13-5-3-2-4-6-13/h2-6,12H,7-11H2,1H3,(H,16,17)(H,18,19). The Balaban J connectivity index is 2.04. The van der Waals surface area contributed by atoms with E-state index in [1.807, 2.05) is 30.3 Å². The normalized spacial score (nSPS) is 11.7. The fourth-order valence-electron chi connectivity index (χ4n) is 1.63. The average Bonchev–Trinajstić information content (AvgIpc) is 2.46. The van der Waals surface area contributed by atoms with E-state index in [1.165, 1.54) is 0 Å². The van der Waals surface area contributed by atoms with Crippen LogP contribution in [-0.4, -0.2) is 42.8 Å². The van der Waals surface area contributed by atoms with Gasteiger partial charge in [-0.25, -0.2) is 0 Å². The Morgan fingerprint density at radius 3 is 2.62 bits per heavy atom. The number of rotatable bonds is 10. The number of carbonyl (C=O) groups excluding carboxylic acids is 1. The Hall–Kier alpha value is -2.08. The van der Waals surface area contributed by atoms with Gasteiger partial charge in [-0.15, -0.1) is 0 Å². The minimum atomic E-state index is -0.870. The van der Waals surface area contributed by atoms with Gasteiger partial charge in [0.15, 0.2) is 0 Å². The van der Waals surface area contributed by atoms with Crippen LogP contribution in [0.5, 0.6) is 5.75 Å². The molecule has 116 valence electrons. The number of carboxylic acids is 1. The summed E-state index contributed by atoms with van der Waals surface area (Å²) in [6.45, 7) is 2.38. The summed E-state index contributed by atoms with van der Waals surface area (Å²) in [5, 5.41) is 11.2. The molecule has 0 aromatic heterocycles. The fourth-order valence-corrected chi connectivity index (χ4v) is 1.63. The molecule has 0 aliphatic rings. The number of aliphatic carboxylic acids is 1. The van der Waals surface area contributed by atoms with Crippen molar-refractivity contribution in [1.82, 2.24) is 5.32 Å². The molecule has 0 bridgehead atoms. The van der Waals surface area contributed by atoms with E-state index in [0.29, 0.717) is 19.6 Å². The van der Waals surface area contributed by atoms with Crippen molar-refractivity contribution in [2.45, 2.75) is 25.8 Å². The van der Waals surface area contributed by atoms with Crippen LogP contribution >= 0.6 is 0 Å². The van der Waals surface area contributed by atoms with E-state index >= 15 is 0 Å². The second-order valence-electron chi connectivity index (χ2n) is 4.62. The van der Waals surface area contributed by atoms with Crippen LogP contribution in [0.4, 0.5) is 0 Å². The zero-order chi connectivity index (χ0) is 15.5. The quantitative estimate of drug-likeness (QED) is 0.638. The van der Waals surface area contributed by atoms with Crippen molar-refractivity contribution in [1.29, 1.82) is 0 Å². The molecule has 0 saturated carbocycles. The van der Waals surface area contributed by atoms with Gasteiger partial charge >= 0.3 is 5.97 Å². The number of amides is 1. The Bertz CT molecular complexity index is 435. The zero-order valence-corrected chi connectivity index (χ0v) is 12.1. The van der Waals surface area contributed by atoms with E-state index in [-0.39, 0.29) is 25.0 Å². The summed E-state index contributed by atoms with van der Waals surface area (Å²) in [6.07, 6.45) is 0.436. The highest BCUT2D eigenvalue weighted by atomic mass is 16.5. The Labute approximate surface area is 124 Å². The lowest BCUT2D eigenvalue weighted by molar-refractivity contribution is -0.137. The third-order valence-electron chi connectivity index (χ3n) is 2.67. The van der Waals surface area contributed by atoms with Crippen LogP contribution in [0.25, 0.3) is 0 Å². The highest BCUT2D eigenvalue weighted by molar-refractivity contribution is 5.77. The van der Waals surface area contributed by atoms with Crippen LogP contribution in [0, 0.1) is 0 Å². The summed E-state index contributed by atoms with van der Waals surface area (Å²) in [5.74, 6) is -0.370. The summed E-state index contributed by atoms with van der Waals surface area (Å²) in [7, 11) is 0. The summed E-state index contributed by atoms with van der Waals surface area (Å²) in [5.41, 5.74) is 0. The molecule has 1 atom stereocenters. The third kappa shape index (κ3) is 8.65. The van der Waals surface area contributed by atoms with Gasteiger partial charge in [0.05, 0.1) is 6.61 Å². The third-order valence-corrected chi connectivity index (χ3v) is 2.67. The predicted octanol–water partition coefficient (Wildman–Crippen LogP) is 1.45. The molecular weight excluding hydrogens is 274 g/mol. The number of nitrogens with one attached hydrogen (secondary N) is 1. The first-order valence-electron chi connectivity index (χ1n) is 6.84. The number of hydrogen-bond donors (Lipinski definition) is 2. The minimum Gasteiger partial charge on any atom is -0.491 e. The molecule has 21 heavy (non-hydrogen) atoms. The lowest BCUT2D eigenvalue weighted by atomic mass is 10.2. The van der Waals surface area contributed by atoms with Crippen molar-refractivity contribution in [2.75, 3.05) is 19.8 Å². The fraction of sp³-hybridized carbons (Fsp3) is 0.467. The molecule has 1 amide bonds. The molecule has 0 radical (unpaired) electrons. The van der Waals surface area contributed by atoms with Gasteiger partial charge in [0.25, 0.3) is 0 Å². The van der Waals surface area contributed by atoms with Gasteiger partial charge < -0.3 is 19.9 Å². The topological polar surface area (TPSA) is 84.9 Å². The van der Waals surface area contributed by atoms with Crippen molar-refractivity contribution < 1.29 is 24.2 Å². The van der Waals surface area contributed by atoms with Crippen molar-refractivity contribution in [3.8, 4) is 5.75 Å². The number of carbonyl (C=O) groups is 2. The van der Waals surface area contributed by atoms with Gasteiger partial charge in [0.1, 0.15) is 19.0 Å². The Morgan fingerprint density at radius 2 is 1.95 bits per heavy atom. The molecule has 0 fully saturated rings. The number of hydrogen-bond acceptors (Lipinski definition) is 4. The first-order valence-corrected chi connectivity index (χ1v) is 6.84. The average molecular weight is 295 g/mol. The van der Waals surface area contributed by atoms with Gasteiger partial charge in [-0.3, -0.25) is 9.59 Å².